The fourth-order valence-electron chi connectivity index (χ4n) is 1.28. The van der Waals surface area contributed by atoms with Crippen LogP contribution in [0.1, 0.15) is 29.3 Å². The number of hydrogen-bond acceptors (Lipinski definition) is 3. The molecular weight excluding hydrogens is 256 g/mol. The van der Waals surface area contributed by atoms with E-state index in [0.29, 0.717) is 18.5 Å². The van der Waals surface area contributed by atoms with Gasteiger partial charge in [-0.1, -0.05) is 19.1 Å². The Balaban J connectivity index is 2.63. The summed E-state index contributed by atoms with van der Waals surface area (Å²) in [5, 5.41) is 8.80. The Morgan fingerprint density at radius 3 is 2.67 bits per heavy atom. The lowest BCUT2D eigenvalue weighted by Crippen LogP contribution is -2.36. The van der Waals surface area contributed by atoms with Crippen molar-refractivity contribution >= 4 is 16.2 Å². The summed E-state index contributed by atoms with van der Waals surface area (Å²) in [4.78, 5) is 10.7. The number of benzene rings is 1. The van der Waals surface area contributed by atoms with E-state index in [0.717, 1.165) is 0 Å². The molecule has 0 amide bonds. The van der Waals surface area contributed by atoms with Gasteiger partial charge in [0.25, 0.3) is 10.2 Å². The van der Waals surface area contributed by atoms with Crippen LogP contribution >= 0.6 is 0 Å². The first-order chi connectivity index (χ1) is 8.44. The maximum atomic E-state index is 11.4. The van der Waals surface area contributed by atoms with Gasteiger partial charge in [0.1, 0.15) is 0 Å². The van der Waals surface area contributed by atoms with E-state index < -0.39 is 16.2 Å². The highest BCUT2D eigenvalue weighted by Crippen LogP contribution is 2.05. The van der Waals surface area contributed by atoms with Crippen LogP contribution in [-0.2, 0) is 16.8 Å². The third kappa shape index (κ3) is 4.82. The van der Waals surface area contributed by atoms with Crippen molar-refractivity contribution < 1.29 is 18.3 Å². The quantitative estimate of drug-likeness (QED) is 0.681. The number of rotatable bonds is 7. The molecule has 0 atom stereocenters. The minimum Gasteiger partial charge on any atom is -0.478 e. The van der Waals surface area contributed by atoms with Crippen molar-refractivity contribution in [1.82, 2.24) is 9.44 Å². The Bertz CT molecular complexity index is 514. The summed E-state index contributed by atoms with van der Waals surface area (Å²) >= 11 is 0. The molecule has 0 saturated heterocycles. The molecule has 0 aromatic heterocycles. The minimum atomic E-state index is -3.52. The summed E-state index contributed by atoms with van der Waals surface area (Å²) < 4.78 is 27.6. The standard InChI is InChI=1S/C11H16N2O4S/c1-2-6-12-18(16,17)13-8-9-4-3-5-10(7-9)11(14)15/h3-5,7,12-13H,2,6,8H2,1H3,(H,14,15). The molecular formula is C11H16N2O4S. The van der Waals surface area contributed by atoms with E-state index in [1.54, 1.807) is 12.1 Å². The fourth-order valence-corrected chi connectivity index (χ4v) is 2.21. The maximum Gasteiger partial charge on any atom is 0.335 e. The van der Waals surface area contributed by atoms with Gasteiger partial charge < -0.3 is 5.11 Å². The second-order valence-corrected chi connectivity index (χ2v) is 5.31. The average Bonchev–Trinajstić information content (AvgIpc) is 2.34. The van der Waals surface area contributed by atoms with Crippen molar-refractivity contribution in [1.29, 1.82) is 0 Å². The predicted molar refractivity (Wildman–Crippen MR) is 67.5 cm³/mol. The molecule has 0 aliphatic heterocycles. The zero-order valence-electron chi connectivity index (χ0n) is 10.0. The molecule has 0 saturated carbocycles. The molecule has 0 bridgehead atoms. The van der Waals surface area contributed by atoms with Gasteiger partial charge in [-0.25, -0.2) is 9.52 Å². The highest BCUT2D eigenvalue weighted by atomic mass is 32.2. The normalized spacial score (nSPS) is 11.4. The third-order valence-electron chi connectivity index (χ3n) is 2.18. The molecule has 1 rings (SSSR count). The summed E-state index contributed by atoms with van der Waals surface area (Å²) in [6.45, 7) is 2.28. The van der Waals surface area contributed by atoms with Crippen LogP contribution in [0.15, 0.2) is 24.3 Å². The largest absolute Gasteiger partial charge is 0.478 e. The number of nitrogens with one attached hydrogen (secondary N) is 2. The maximum absolute atomic E-state index is 11.4. The van der Waals surface area contributed by atoms with Gasteiger partial charge in [-0.2, -0.15) is 13.1 Å². The number of aromatic carboxylic acids is 1. The third-order valence-corrected chi connectivity index (χ3v) is 3.29. The van der Waals surface area contributed by atoms with E-state index in [9.17, 15) is 13.2 Å². The zero-order chi connectivity index (χ0) is 13.6. The molecule has 100 valence electrons. The topological polar surface area (TPSA) is 95.5 Å². The summed E-state index contributed by atoms with van der Waals surface area (Å²) in [7, 11) is -3.52. The molecule has 6 nitrogen and oxygen atoms in total. The van der Waals surface area contributed by atoms with Crippen molar-refractivity contribution in [2.45, 2.75) is 19.9 Å². The molecule has 0 radical (unpaired) electrons. The molecule has 0 aliphatic carbocycles. The van der Waals surface area contributed by atoms with Gasteiger partial charge in [0, 0.05) is 13.1 Å². The van der Waals surface area contributed by atoms with Crippen LogP contribution in [0.4, 0.5) is 0 Å². The van der Waals surface area contributed by atoms with E-state index in [1.165, 1.54) is 12.1 Å². The second-order valence-electron chi connectivity index (χ2n) is 3.72. The van der Waals surface area contributed by atoms with E-state index >= 15 is 0 Å². The van der Waals surface area contributed by atoms with E-state index in [4.69, 9.17) is 5.11 Å². The molecule has 0 aliphatic rings. The van der Waals surface area contributed by atoms with Crippen LogP contribution in [-0.4, -0.2) is 26.0 Å². The van der Waals surface area contributed by atoms with E-state index in [-0.39, 0.29) is 12.1 Å². The van der Waals surface area contributed by atoms with Gasteiger partial charge in [0.2, 0.25) is 0 Å². The molecule has 7 heteroatoms. The number of carboxylic acids is 1. The van der Waals surface area contributed by atoms with Crippen LogP contribution in [0.3, 0.4) is 0 Å². The number of carbonyl (C=O) groups is 1. The van der Waals surface area contributed by atoms with Gasteiger partial charge in [0.15, 0.2) is 0 Å². The Labute approximate surface area is 106 Å². The van der Waals surface area contributed by atoms with Gasteiger partial charge in [0.05, 0.1) is 5.56 Å². The van der Waals surface area contributed by atoms with Crippen molar-refractivity contribution in [3.8, 4) is 0 Å². The van der Waals surface area contributed by atoms with Crippen molar-refractivity contribution in [3.05, 3.63) is 35.4 Å². The Hall–Kier alpha value is -1.44. The Morgan fingerprint density at radius 2 is 2.06 bits per heavy atom. The van der Waals surface area contributed by atoms with Crippen molar-refractivity contribution in [2.24, 2.45) is 0 Å². The zero-order valence-corrected chi connectivity index (χ0v) is 10.8. The Kier molecular flexibility index (Phi) is 5.26. The van der Waals surface area contributed by atoms with Crippen LogP contribution in [0.25, 0.3) is 0 Å². The summed E-state index contributed by atoms with van der Waals surface area (Å²) in [6.07, 6.45) is 0.704. The van der Waals surface area contributed by atoms with Gasteiger partial charge >= 0.3 is 5.97 Å². The van der Waals surface area contributed by atoms with Crippen LogP contribution in [0.5, 0.6) is 0 Å². The van der Waals surface area contributed by atoms with E-state index in [1.807, 2.05) is 6.92 Å². The van der Waals surface area contributed by atoms with Gasteiger partial charge in [-0.15, -0.1) is 0 Å². The molecule has 1 aromatic rings. The highest BCUT2D eigenvalue weighted by Gasteiger charge is 2.09. The molecule has 0 fully saturated rings. The second kappa shape index (κ2) is 6.48. The molecule has 18 heavy (non-hydrogen) atoms. The summed E-state index contributed by atoms with van der Waals surface area (Å²) in [5.41, 5.74) is 0.727. The first-order valence-corrected chi connectivity index (χ1v) is 6.99. The monoisotopic (exact) mass is 272 g/mol. The number of carboxylic acid groups (broad SMARTS) is 1. The SMILES string of the molecule is CCCNS(=O)(=O)NCc1cccc(C(=O)O)c1. The Morgan fingerprint density at radius 1 is 1.33 bits per heavy atom. The molecule has 3 N–H and O–H groups in total. The first-order valence-electron chi connectivity index (χ1n) is 5.51. The van der Waals surface area contributed by atoms with E-state index in [2.05, 4.69) is 9.44 Å². The fraction of sp³-hybridized carbons (Fsp3) is 0.364. The minimum absolute atomic E-state index is 0.0557. The smallest absolute Gasteiger partial charge is 0.335 e. The summed E-state index contributed by atoms with van der Waals surface area (Å²) in [6, 6.07) is 6.13. The van der Waals surface area contributed by atoms with Crippen molar-refractivity contribution in [2.75, 3.05) is 6.54 Å². The lowest BCUT2D eigenvalue weighted by Gasteiger charge is -2.07. The van der Waals surface area contributed by atoms with Gasteiger partial charge in [-0.3, -0.25) is 0 Å². The average molecular weight is 272 g/mol. The molecule has 0 unspecified atom stereocenters. The summed E-state index contributed by atoms with van der Waals surface area (Å²) in [5.74, 6) is -1.04. The van der Waals surface area contributed by atoms with Gasteiger partial charge in [-0.05, 0) is 24.1 Å². The lowest BCUT2D eigenvalue weighted by molar-refractivity contribution is 0.0696. The first kappa shape index (κ1) is 14.6. The highest BCUT2D eigenvalue weighted by molar-refractivity contribution is 7.87. The molecule has 1 aromatic carbocycles. The van der Waals surface area contributed by atoms with Crippen LogP contribution in [0.2, 0.25) is 0 Å². The molecule has 0 spiro atoms. The van der Waals surface area contributed by atoms with Crippen LogP contribution in [0, 0.1) is 0 Å². The predicted octanol–water partition coefficient (Wildman–Crippen LogP) is 0.719. The molecule has 0 heterocycles. The van der Waals surface area contributed by atoms with Crippen molar-refractivity contribution in [3.63, 3.8) is 0 Å². The number of hydrogen-bond donors (Lipinski definition) is 3. The van der Waals surface area contributed by atoms with Crippen LogP contribution < -0.4 is 9.44 Å². The lowest BCUT2D eigenvalue weighted by atomic mass is 10.1.